The van der Waals surface area contributed by atoms with E-state index in [4.69, 9.17) is 0 Å². The monoisotopic (exact) mass is 150 g/mol. The van der Waals surface area contributed by atoms with Crippen molar-refractivity contribution < 1.29 is 0 Å². The highest BCUT2D eigenvalue weighted by atomic mass is 14.3. The highest BCUT2D eigenvalue weighted by Gasteiger charge is 2.29. The molecule has 0 heterocycles. The van der Waals surface area contributed by atoms with Gasteiger partial charge in [0.2, 0.25) is 0 Å². The molecule has 0 aromatic rings. The summed E-state index contributed by atoms with van der Waals surface area (Å²) in [5, 5.41) is 0. The first-order valence-corrected chi connectivity index (χ1v) is 5.04. The van der Waals surface area contributed by atoms with Gasteiger partial charge in [0.1, 0.15) is 0 Å². The van der Waals surface area contributed by atoms with Crippen molar-refractivity contribution >= 4 is 0 Å². The van der Waals surface area contributed by atoms with Crippen molar-refractivity contribution in [3.63, 3.8) is 0 Å². The Morgan fingerprint density at radius 2 is 2.09 bits per heavy atom. The van der Waals surface area contributed by atoms with Crippen LogP contribution in [0.25, 0.3) is 0 Å². The van der Waals surface area contributed by atoms with Gasteiger partial charge in [-0.25, -0.2) is 0 Å². The van der Waals surface area contributed by atoms with E-state index >= 15 is 0 Å². The van der Waals surface area contributed by atoms with Crippen LogP contribution >= 0.6 is 0 Å². The first kappa shape index (κ1) is 7.39. The summed E-state index contributed by atoms with van der Waals surface area (Å²) in [6, 6.07) is 0. The summed E-state index contributed by atoms with van der Waals surface area (Å²) < 4.78 is 0. The zero-order chi connectivity index (χ0) is 7.68. The molecule has 1 fully saturated rings. The lowest BCUT2D eigenvalue weighted by Crippen LogP contribution is -2.26. The molecule has 0 bridgehead atoms. The molecular weight excluding hydrogens is 132 g/mol. The van der Waals surface area contributed by atoms with Crippen molar-refractivity contribution in [1.82, 2.24) is 0 Å². The predicted octanol–water partition coefficient (Wildman–Crippen LogP) is 3.39. The molecule has 3 atom stereocenters. The molecule has 0 heteroatoms. The summed E-state index contributed by atoms with van der Waals surface area (Å²) in [5.74, 6) is 2.99. The first-order valence-electron chi connectivity index (χ1n) is 5.04. The van der Waals surface area contributed by atoms with Gasteiger partial charge in [-0.2, -0.15) is 0 Å². The summed E-state index contributed by atoms with van der Waals surface area (Å²) in [6.45, 7) is 2.44. The van der Waals surface area contributed by atoms with Gasteiger partial charge < -0.3 is 0 Å². The van der Waals surface area contributed by atoms with Crippen LogP contribution in [-0.4, -0.2) is 0 Å². The van der Waals surface area contributed by atoms with Gasteiger partial charge in [-0.15, -0.1) is 0 Å². The van der Waals surface area contributed by atoms with Gasteiger partial charge in [-0.1, -0.05) is 31.9 Å². The average Bonchev–Trinajstić information content (AvgIpc) is 2.06. The minimum absolute atomic E-state index is 0.951. The van der Waals surface area contributed by atoms with Gasteiger partial charge >= 0.3 is 0 Å². The number of allylic oxidation sites excluding steroid dienone is 2. The highest BCUT2D eigenvalue weighted by molar-refractivity contribution is 4.99. The molecular formula is C11H18. The van der Waals surface area contributed by atoms with E-state index in [0.717, 1.165) is 17.8 Å². The summed E-state index contributed by atoms with van der Waals surface area (Å²) >= 11 is 0. The van der Waals surface area contributed by atoms with E-state index in [1.165, 1.54) is 32.1 Å². The van der Waals surface area contributed by atoms with Gasteiger partial charge in [-0.3, -0.25) is 0 Å². The smallest absolute Gasteiger partial charge is 0.0202 e. The van der Waals surface area contributed by atoms with Gasteiger partial charge in [0.25, 0.3) is 0 Å². The van der Waals surface area contributed by atoms with E-state index in [1.54, 1.807) is 0 Å². The molecule has 11 heavy (non-hydrogen) atoms. The maximum atomic E-state index is 2.48. The molecule has 0 radical (unpaired) electrons. The van der Waals surface area contributed by atoms with Crippen LogP contribution in [0.2, 0.25) is 0 Å². The van der Waals surface area contributed by atoms with E-state index in [9.17, 15) is 0 Å². The van der Waals surface area contributed by atoms with Crippen molar-refractivity contribution in [2.45, 2.75) is 39.0 Å². The van der Waals surface area contributed by atoms with Crippen LogP contribution in [0.15, 0.2) is 12.2 Å². The third-order valence-corrected chi connectivity index (χ3v) is 3.53. The molecule has 0 aromatic heterocycles. The van der Waals surface area contributed by atoms with Crippen molar-refractivity contribution in [3.05, 3.63) is 12.2 Å². The molecule has 2 rings (SSSR count). The highest BCUT2D eigenvalue weighted by Crippen LogP contribution is 2.40. The van der Waals surface area contributed by atoms with Crippen LogP contribution in [0.5, 0.6) is 0 Å². The van der Waals surface area contributed by atoms with Gasteiger partial charge in [0.15, 0.2) is 0 Å². The summed E-state index contributed by atoms with van der Waals surface area (Å²) in [4.78, 5) is 0. The topological polar surface area (TPSA) is 0 Å². The number of fused-ring (bicyclic) bond motifs is 1. The fourth-order valence-corrected chi connectivity index (χ4v) is 2.82. The van der Waals surface area contributed by atoms with Gasteiger partial charge in [0, 0.05) is 0 Å². The van der Waals surface area contributed by atoms with Gasteiger partial charge in [0.05, 0.1) is 0 Å². The van der Waals surface area contributed by atoms with Crippen LogP contribution in [0.3, 0.4) is 0 Å². The summed E-state index contributed by atoms with van der Waals surface area (Å²) in [6.07, 6.45) is 12.1. The number of hydrogen-bond acceptors (Lipinski definition) is 0. The van der Waals surface area contributed by atoms with Crippen molar-refractivity contribution in [1.29, 1.82) is 0 Å². The van der Waals surface area contributed by atoms with E-state index in [1.807, 2.05) is 0 Å². The Hall–Kier alpha value is -0.260. The van der Waals surface area contributed by atoms with E-state index in [-0.39, 0.29) is 0 Å². The number of rotatable bonds is 0. The van der Waals surface area contributed by atoms with E-state index < -0.39 is 0 Å². The summed E-state index contributed by atoms with van der Waals surface area (Å²) in [7, 11) is 0. The Morgan fingerprint density at radius 1 is 1.18 bits per heavy atom. The lowest BCUT2D eigenvalue weighted by molar-refractivity contribution is 0.181. The largest absolute Gasteiger partial charge is 0.0882 e. The molecule has 2 aliphatic carbocycles. The van der Waals surface area contributed by atoms with Crippen LogP contribution in [0.1, 0.15) is 39.0 Å². The fourth-order valence-electron chi connectivity index (χ4n) is 2.82. The lowest BCUT2D eigenvalue weighted by atomic mass is 9.69. The molecule has 0 nitrogen and oxygen atoms in total. The molecule has 0 N–H and O–H groups in total. The van der Waals surface area contributed by atoms with Crippen LogP contribution in [0.4, 0.5) is 0 Å². The SMILES string of the molecule is C[C@@H]1CCC[C@@H]2C=CCC[C@@H]12. The van der Waals surface area contributed by atoms with Crippen molar-refractivity contribution in [2.75, 3.05) is 0 Å². The normalized spacial score (nSPS) is 43.5. The predicted molar refractivity (Wildman–Crippen MR) is 48.4 cm³/mol. The molecule has 0 unspecified atom stereocenters. The van der Waals surface area contributed by atoms with Crippen molar-refractivity contribution in [3.8, 4) is 0 Å². The molecule has 2 aliphatic rings. The number of hydrogen-bond donors (Lipinski definition) is 0. The molecule has 0 saturated heterocycles. The maximum absolute atomic E-state index is 2.48. The molecule has 62 valence electrons. The zero-order valence-corrected chi connectivity index (χ0v) is 7.42. The quantitative estimate of drug-likeness (QED) is 0.464. The average molecular weight is 150 g/mol. The van der Waals surface area contributed by atoms with Crippen molar-refractivity contribution in [2.24, 2.45) is 17.8 Å². The second-order valence-corrected chi connectivity index (χ2v) is 4.24. The standard InChI is InChI=1S/C11H18/c1-9-5-4-7-10-6-2-3-8-11(9)10/h2,6,9-11H,3-5,7-8H2,1H3/t9-,10+,11+/m1/s1. The Bertz CT molecular complexity index is 157. The van der Waals surface area contributed by atoms with Gasteiger partial charge in [-0.05, 0) is 37.0 Å². The third kappa shape index (κ3) is 1.36. The van der Waals surface area contributed by atoms with E-state index in [2.05, 4.69) is 19.1 Å². The summed E-state index contributed by atoms with van der Waals surface area (Å²) in [5.41, 5.74) is 0. The second-order valence-electron chi connectivity index (χ2n) is 4.24. The molecule has 0 spiro atoms. The zero-order valence-electron chi connectivity index (χ0n) is 7.42. The first-order chi connectivity index (χ1) is 5.38. The minimum atomic E-state index is 0.951. The van der Waals surface area contributed by atoms with E-state index in [0.29, 0.717) is 0 Å². The molecule has 1 saturated carbocycles. The Morgan fingerprint density at radius 3 is 2.91 bits per heavy atom. The Kier molecular flexibility index (Phi) is 2.02. The van der Waals surface area contributed by atoms with Crippen LogP contribution < -0.4 is 0 Å². The Labute approximate surface area is 69.7 Å². The Balaban J connectivity index is 2.08. The fraction of sp³-hybridized carbons (Fsp3) is 0.818. The second kappa shape index (κ2) is 3.00. The lowest BCUT2D eigenvalue weighted by Gasteiger charge is -2.37. The minimum Gasteiger partial charge on any atom is -0.0882 e. The molecule has 0 aliphatic heterocycles. The maximum Gasteiger partial charge on any atom is -0.0202 e. The van der Waals surface area contributed by atoms with Crippen LogP contribution in [0, 0.1) is 17.8 Å². The third-order valence-electron chi connectivity index (χ3n) is 3.53. The molecule has 0 amide bonds. The molecule has 0 aromatic carbocycles. The van der Waals surface area contributed by atoms with Crippen LogP contribution in [-0.2, 0) is 0 Å².